The van der Waals surface area contributed by atoms with Crippen LogP contribution < -0.4 is 14.4 Å². The second-order valence-electron chi connectivity index (χ2n) is 8.24. The molecule has 1 N–H and O–H groups in total. The van der Waals surface area contributed by atoms with Gasteiger partial charge in [-0.2, -0.15) is 0 Å². The minimum absolute atomic E-state index is 0.195. The van der Waals surface area contributed by atoms with Gasteiger partial charge in [0, 0.05) is 24.7 Å². The Balaban J connectivity index is 1.60. The molecule has 0 aliphatic carbocycles. The zero-order valence-corrected chi connectivity index (χ0v) is 20.9. The normalized spacial score (nSPS) is 14.2. The Kier molecular flexibility index (Phi) is 7.18. The highest BCUT2D eigenvalue weighted by Gasteiger charge is 2.29. The second kappa shape index (κ2) is 10.1. The number of urea groups is 1. The molecule has 0 atom stereocenters. The first-order valence-electron chi connectivity index (χ1n) is 11.0. The molecule has 1 aliphatic rings. The number of nitrogens with zero attached hydrogens (tertiary/aromatic N) is 2. The van der Waals surface area contributed by atoms with E-state index >= 15 is 0 Å². The molecule has 0 bridgehead atoms. The summed E-state index contributed by atoms with van der Waals surface area (Å²) in [7, 11) is -2.56. The molecule has 10 heteroatoms. The molecule has 2 amide bonds. The van der Waals surface area contributed by atoms with Crippen molar-refractivity contribution in [1.82, 2.24) is 4.90 Å². The maximum absolute atomic E-state index is 13.9. The zero-order valence-electron chi connectivity index (χ0n) is 19.3. The van der Waals surface area contributed by atoms with Gasteiger partial charge in [0.25, 0.3) is 10.0 Å². The molecule has 3 aromatic carbocycles. The Morgan fingerprint density at radius 1 is 1.09 bits per heavy atom. The second-order valence-corrected chi connectivity index (χ2v) is 10.4. The monoisotopic (exact) mass is 517 g/mol. The van der Waals surface area contributed by atoms with Crippen LogP contribution in [0.4, 0.5) is 20.6 Å². The molecule has 0 saturated carbocycles. The van der Waals surface area contributed by atoms with E-state index in [1.165, 1.54) is 25.3 Å². The average molecular weight is 518 g/mol. The van der Waals surface area contributed by atoms with Crippen LogP contribution in [0.3, 0.4) is 0 Å². The van der Waals surface area contributed by atoms with Crippen LogP contribution in [0.15, 0.2) is 65.6 Å². The van der Waals surface area contributed by atoms with E-state index in [1.54, 1.807) is 34.9 Å². The van der Waals surface area contributed by atoms with Gasteiger partial charge < -0.3 is 9.64 Å². The first-order chi connectivity index (χ1) is 16.7. The summed E-state index contributed by atoms with van der Waals surface area (Å²) in [6.07, 6.45) is 0.716. The Bertz CT molecular complexity index is 1370. The van der Waals surface area contributed by atoms with Gasteiger partial charge >= 0.3 is 6.03 Å². The van der Waals surface area contributed by atoms with Gasteiger partial charge in [-0.3, -0.25) is 9.62 Å². The predicted molar refractivity (Wildman–Crippen MR) is 134 cm³/mol. The molecule has 3 aromatic rings. The van der Waals surface area contributed by atoms with Crippen LogP contribution in [0.25, 0.3) is 0 Å². The SMILES string of the molecule is COc1ccc(NS(=O)(=O)c2ccc(C)c(F)c2)cc1N1CCCN(Cc2cccc(Cl)c2)C1=O. The van der Waals surface area contributed by atoms with Crippen molar-refractivity contribution in [2.24, 2.45) is 0 Å². The van der Waals surface area contributed by atoms with Gasteiger partial charge in [0.2, 0.25) is 0 Å². The van der Waals surface area contributed by atoms with E-state index in [0.717, 1.165) is 11.6 Å². The van der Waals surface area contributed by atoms with Crippen molar-refractivity contribution in [2.45, 2.75) is 24.8 Å². The Labute approximate surface area is 209 Å². The number of amides is 2. The van der Waals surface area contributed by atoms with Crippen LogP contribution in [0, 0.1) is 12.7 Å². The van der Waals surface area contributed by atoms with Crippen molar-refractivity contribution in [3.05, 3.63) is 82.6 Å². The Morgan fingerprint density at radius 2 is 1.89 bits per heavy atom. The standard InChI is InChI=1S/C25H25ClFN3O4S/c1-17-7-9-21(15-22(17)27)35(32,33)28-20-8-10-24(34-2)23(14-20)30-12-4-11-29(25(30)31)16-18-5-3-6-19(26)13-18/h3,5-10,13-15,28H,4,11-12,16H2,1-2H3. The molecule has 7 nitrogen and oxygen atoms in total. The summed E-state index contributed by atoms with van der Waals surface area (Å²) in [6, 6.07) is 15.5. The van der Waals surface area contributed by atoms with Crippen LogP contribution in [-0.2, 0) is 16.6 Å². The maximum Gasteiger partial charge on any atom is 0.324 e. The lowest BCUT2D eigenvalue weighted by Gasteiger charge is -2.36. The summed E-state index contributed by atoms with van der Waals surface area (Å²) in [4.78, 5) is 16.4. The average Bonchev–Trinajstić information content (AvgIpc) is 2.82. The van der Waals surface area contributed by atoms with Gasteiger partial charge in [0.15, 0.2) is 0 Å². The third-order valence-electron chi connectivity index (χ3n) is 5.75. The molecular weight excluding hydrogens is 493 g/mol. The van der Waals surface area contributed by atoms with Crippen LogP contribution >= 0.6 is 11.6 Å². The summed E-state index contributed by atoms with van der Waals surface area (Å²) in [6.45, 7) is 2.97. The van der Waals surface area contributed by atoms with E-state index in [0.29, 0.717) is 48.1 Å². The van der Waals surface area contributed by atoms with E-state index < -0.39 is 15.8 Å². The summed E-state index contributed by atoms with van der Waals surface area (Å²) < 4.78 is 47.6. The van der Waals surface area contributed by atoms with Gasteiger partial charge in [0.1, 0.15) is 11.6 Å². The Hall–Kier alpha value is -3.30. The van der Waals surface area contributed by atoms with Crippen molar-refractivity contribution in [1.29, 1.82) is 0 Å². The number of carbonyl (C=O) groups is 1. The lowest BCUT2D eigenvalue weighted by molar-refractivity contribution is 0.192. The fourth-order valence-electron chi connectivity index (χ4n) is 3.93. The number of ether oxygens (including phenoxy) is 1. The fraction of sp³-hybridized carbons (Fsp3) is 0.240. The van der Waals surface area contributed by atoms with Crippen molar-refractivity contribution in [3.63, 3.8) is 0 Å². The molecule has 184 valence electrons. The first kappa shape index (κ1) is 24.8. The third-order valence-corrected chi connectivity index (χ3v) is 7.36. The number of aryl methyl sites for hydroxylation is 1. The number of sulfonamides is 1. The molecule has 35 heavy (non-hydrogen) atoms. The first-order valence-corrected chi connectivity index (χ1v) is 12.8. The predicted octanol–water partition coefficient (Wildman–Crippen LogP) is 5.43. The molecule has 1 aliphatic heterocycles. The Morgan fingerprint density at radius 3 is 2.60 bits per heavy atom. The lowest BCUT2D eigenvalue weighted by atomic mass is 10.1. The summed E-state index contributed by atoms with van der Waals surface area (Å²) in [5.41, 5.74) is 1.92. The number of carbonyl (C=O) groups excluding carboxylic acids is 1. The fourth-order valence-corrected chi connectivity index (χ4v) is 5.20. The molecule has 4 rings (SSSR count). The van der Waals surface area contributed by atoms with Crippen molar-refractivity contribution in [3.8, 4) is 5.75 Å². The van der Waals surface area contributed by atoms with Gasteiger partial charge in [-0.25, -0.2) is 17.6 Å². The van der Waals surface area contributed by atoms with E-state index in [1.807, 2.05) is 18.2 Å². The number of methoxy groups -OCH3 is 1. The number of halogens is 2. The van der Waals surface area contributed by atoms with Crippen molar-refractivity contribution < 1.29 is 22.3 Å². The van der Waals surface area contributed by atoms with Crippen LogP contribution in [0.5, 0.6) is 5.75 Å². The highest BCUT2D eigenvalue weighted by Crippen LogP contribution is 2.34. The smallest absolute Gasteiger partial charge is 0.324 e. The van der Waals surface area contributed by atoms with E-state index in [9.17, 15) is 17.6 Å². The minimum Gasteiger partial charge on any atom is -0.495 e. The summed E-state index contributed by atoms with van der Waals surface area (Å²) >= 11 is 6.09. The number of anilines is 2. The topological polar surface area (TPSA) is 79.0 Å². The number of hydrogen-bond acceptors (Lipinski definition) is 4. The highest BCUT2D eigenvalue weighted by atomic mass is 35.5. The summed E-state index contributed by atoms with van der Waals surface area (Å²) in [5.74, 6) is -0.186. The molecule has 0 aromatic heterocycles. The van der Waals surface area contributed by atoms with Crippen LogP contribution in [0.1, 0.15) is 17.5 Å². The molecule has 1 heterocycles. The molecule has 0 radical (unpaired) electrons. The molecule has 1 fully saturated rings. The van der Waals surface area contributed by atoms with Gasteiger partial charge in [-0.15, -0.1) is 0 Å². The summed E-state index contributed by atoms with van der Waals surface area (Å²) in [5, 5.41) is 0.596. The number of nitrogens with one attached hydrogen (secondary N) is 1. The van der Waals surface area contributed by atoms with Gasteiger partial charge in [-0.05, 0) is 66.9 Å². The van der Waals surface area contributed by atoms with Crippen molar-refractivity contribution >= 4 is 39.0 Å². The maximum atomic E-state index is 13.9. The third kappa shape index (κ3) is 5.52. The number of rotatable bonds is 7. The molecule has 1 saturated heterocycles. The van der Waals surface area contributed by atoms with Crippen molar-refractivity contribution in [2.75, 3.05) is 29.8 Å². The largest absolute Gasteiger partial charge is 0.495 e. The minimum atomic E-state index is -4.05. The van der Waals surface area contributed by atoms with Gasteiger partial charge in [-0.1, -0.05) is 29.8 Å². The number of benzene rings is 3. The zero-order chi connectivity index (χ0) is 25.2. The van der Waals surface area contributed by atoms with Crippen LogP contribution in [0.2, 0.25) is 5.02 Å². The van der Waals surface area contributed by atoms with Gasteiger partial charge in [0.05, 0.1) is 23.4 Å². The van der Waals surface area contributed by atoms with Crippen LogP contribution in [-0.4, -0.2) is 39.5 Å². The molecular formula is C25H25ClFN3O4S. The van der Waals surface area contributed by atoms with E-state index in [4.69, 9.17) is 16.3 Å². The van der Waals surface area contributed by atoms with E-state index in [2.05, 4.69) is 4.72 Å². The lowest BCUT2D eigenvalue weighted by Crippen LogP contribution is -2.49. The molecule has 0 unspecified atom stereocenters. The molecule has 0 spiro atoms. The number of hydrogen-bond donors (Lipinski definition) is 1. The van der Waals surface area contributed by atoms with E-state index in [-0.39, 0.29) is 16.6 Å². The quantitative estimate of drug-likeness (QED) is 0.453. The highest BCUT2D eigenvalue weighted by molar-refractivity contribution is 7.92.